The van der Waals surface area contributed by atoms with Crippen molar-refractivity contribution in [3.05, 3.63) is 29.3 Å². The zero-order valence-corrected chi connectivity index (χ0v) is 14.7. The first-order chi connectivity index (χ1) is 10.7. The summed E-state index contributed by atoms with van der Waals surface area (Å²) in [6.07, 6.45) is 0. The van der Waals surface area contributed by atoms with Crippen LogP contribution >= 0.6 is 11.6 Å². The Labute approximate surface area is 142 Å². The largest absolute Gasteiger partial charge is 0.492 e. The fraction of sp³-hybridized carbons (Fsp3) is 0.500. The highest BCUT2D eigenvalue weighted by atomic mass is 35.5. The quantitative estimate of drug-likeness (QED) is 0.832. The molecule has 1 rings (SSSR count). The van der Waals surface area contributed by atoms with Gasteiger partial charge >= 0.3 is 6.03 Å². The van der Waals surface area contributed by atoms with Gasteiger partial charge in [0.25, 0.3) is 0 Å². The van der Waals surface area contributed by atoms with Gasteiger partial charge in [-0.25, -0.2) is 4.79 Å². The molecule has 0 saturated heterocycles. The van der Waals surface area contributed by atoms with Crippen LogP contribution in [0.1, 0.15) is 20.8 Å². The van der Waals surface area contributed by atoms with Crippen molar-refractivity contribution in [1.82, 2.24) is 15.5 Å². The Balaban J connectivity index is 2.25. The molecule has 128 valence electrons. The van der Waals surface area contributed by atoms with E-state index in [1.807, 2.05) is 20.8 Å². The number of carbonyl (C=O) groups excluding carboxylic acids is 2. The van der Waals surface area contributed by atoms with Gasteiger partial charge in [0.1, 0.15) is 12.4 Å². The number of likely N-dealkylation sites (N-methyl/N-ethyl adjacent to an activating group) is 1. The minimum Gasteiger partial charge on any atom is -0.492 e. The van der Waals surface area contributed by atoms with Gasteiger partial charge in [-0.05, 0) is 52.1 Å². The first kappa shape index (κ1) is 19.3. The third kappa shape index (κ3) is 9.05. The maximum Gasteiger partial charge on any atom is 0.321 e. The summed E-state index contributed by atoms with van der Waals surface area (Å²) in [6, 6.07) is 6.58. The number of ether oxygens (including phenoxy) is 1. The van der Waals surface area contributed by atoms with Crippen LogP contribution in [0.15, 0.2) is 24.3 Å². The second-order valence-electron chi connectivity index (χ2n) is 6.29. The molecule has 1 aromatic rings. The van der Waals surface area contributed by atoms with Crippen molar-refractivity contribution < 1.29 is 14.3 Å². The summed E-state index contributed by atoms with van der Waals surface area (Å²) in [5.41, 5.74) is -0.386. The average molecular weight is 342 g/mol. The van der Waals surface area contributed by atoms with E-state index in [-0.39, 0.29) is 18.0 Å². The van der Waals surface area contributed by atoms with Crippen LogP contribution in [0.3, 0.4) is 0 Å². The number of nitrogens with zero attached hydrogens (tertiary/aromatic N) is 1. The number of hydrogen-bond donors (Lipinski definition) is 2. The first-order valence-corrected chi connectivity index (χ1v) is 7.72. The zero-order chi connectivity index (χ0) is 17.5. The van der Waals surface area contributed by atoms with E-state index in [4.69, 9.17) is 16.3 Å². The number of nitrogens with one attached hydrogen (secondary N) is 2. The summed E-state index contributed by atoms with van der Waals surface area (Å²) in [5, 5.41) is 5.62. The summed E-state index contributed by atoms with van der Waals surface area (Å²) in [6.45, 7) is 6.63. The predicted molar refractivity (Wildman–Crippen MR) is 90.9 cm³/mol. The second-order valence-corrected chi connectivity index (χ2v) is 6.73. The molecule has 0 heterocycles. The molecule has 0 aliphatic rings. The lowest BCUT2D eigenvalue weighted by Crippen LogP contribution is -2.50. The Hall–Kier alpha value is -1.79. The number of amides is 3. The van der Waals surface area contributed by atoms with Crippen molar-refractivity contribution >= 4 is 23.5 Å². The highest BCUT2D eigenvalue weighted by Crippen LogP contribution is 2.15. The lowest BCUT2D eigenvalue weighted by molar-refractivity contribution is -0.120. The van der Waals surface area contributed by atoms with Gasteiger partial charge in [-0.1, -0.05) is 11.6 Å². The SMILES string of the molecule is CN(CCOc1ccc(Cl)cc1)CC(=O)NC(=O)NC(C)(C)C. The third-order valence-electron chi connectivity index (χ3n) is 2.71. The number of benzene rings is 1. The molecule has 0 aliphatic heterocycles. The smallest absolute Gasteiger partial charge is 0.321 e. The van der Waals surface area contributed by atoms with Crippen LogP contribution in [0.5, 0.6) is 5.75 Å². The maximum absolute atomic E-state index is 11.8. The van der Waals surface area contributed by atoms with E-state index in [9.17, 15) is 9.59 Å². The van der Waals surface area contributed by atoms with Gasteiger partial charge in [-0.3, -0.25) is 15.0 Å². The Morgan fingerprint density at radius 1 is 1.22 bits per heavy atom. The number of hydrogen-bond acceptors (Lipinski definition) is 4. The van der Waals surface area contributed by atoms with Gasteiger partial charge in [-0.15, -0.1) is 0 Å². The molecule has 0 atom stereocenters. The number of imide groups is 1. The van der Waals surface area contributed by atoms with Crippen molar-refractivity contribution in [1.29, 1.82) is 0 Å². The summed E-state index contributed by atoms with van der Waals surface area (Å²) < 4.78 is 5.55. The number of halogens is 1. The van der Waals surface area contributed by atoms with E-state index in [0.29, 0.717) is 18.2 Å². The van der Waals surface area contributed by atoms with Gasteiger partial charge in [0.15, 0.2) is 0 Å². The van der Waals surface area contributed by atoms with Crippen LogP contribution in [0.25, 0.3) is 0 Å². The Kier molecular flexibility index (Phi) is 7.32. The van der Waals surface area contributed by atoms with E-state index in [1.54, 1.807) is 36.2 Å². The van der Waals surface area contributed by atoms with Gasteiger partial charge in [0.2, 0.25) is 5.91 Å². The average Bonchev–Trinajstić information content (AvgIpc) is 2.38. The minimum atomic E-state index is -0.492. The maximum atomic E-state index is 11.8. The molecule has 6 nitrogen and oxygen atoms in total. The van der Waals surface area contributed by atoms with E-state index in [0.717, 1.165) is 5.75 Å². The predicted octanol–water partition coefficient (Wildman–Crippen LogP) is 2.27. The van der Waals surface area contributed by atoms with Crippen molar-refractivity contribution in [3.63, 3.8) is 0 Å². The topological polar surface area (TPSA) is 70.7 Å². The Morgan fingerprint density at radius 3 is 2.39 bits per heavy atom. The molecule has 0 radical (unpaired) electrons. The molecule has 7 heteroatoms. The van der Waals surface area contributed by atoms with Crippen LogP contribution in [-0.2, 0) is 4.79 Å². The zero-order valence-electron chi connectivity index (χ0n) is 14.0. The molecule has 0 spiro atoms. The van der Waals surface area contributed by atoms with Crippen LogP contribution < -0.4 is 15.4 Å². The normalized spacial score (nSPS) is 11.2. The van der Waals surface area contributed by atoms with Crippen molar-refractivity contribution in [3.8, 4) is 5.75 Å². The fourth-order valence-electron chi connectivity index (χ4n) is 1.71. The summed E-state index contributed by atoms with van der Waals surface area (Å²) in [7, 11) is 1.78. The second kappa shape index (κ2) is 8.74. The molecule has 0 aliphatic carbocycles. The highest BCUT2D eigenvalue weighted by molar-refractivity contribution is 6.30. The van der Waals surface area contributed by atoms with E-state index in [2.05, 4.69) is 10.6 Å². The lowest BCUT2D eigenvalue weighted by Gasteiger charge is -2.21. The van der Waals surface area contributed by atoms with Gasteiger partial charge in [0, 0.05) is 17.1 Å². The summed E-state index contributed by atoms with van der Waals surface area (Å²) in [4.78, 5) is 25.1. The molecule has 2 N–H and O–H groups in total. The van der Waals surface area contributed by atoms with Crippen molar-refractivity contribution in [2.45, 2.75) is 26.3 Å². The van der Waals surface area contributed by atoms with E-state index < -0.39 is 6.03 Å². The molecule has 0 bridgehead atoms. The Morgan fingerprint density at radius 2 is 1.83 bits per heavy atom. The van der Waals surface area contributed by atoms with Gasteiger partial charge in [-0.2, -0.15) is 0 Å². The minimum absolute atomic E-state index is 0.113. The monoisotopic (exact) mass is 341 g/mol. The molecule has 0 aromatic heterocycles. The number of rotatable bonds is 6. The van der Waals surface area contributed by atoms with Crippen LogP contribution in [0.2, 0.25) is 5.02 Å². The van der Waals surface area contributed by atoms with Crippen LogP contribution in [0, 0.1) is 0 Å². The molecule has 0 unspecified atom stereocenters. The van der Waals surface area contributed by atoms with Gasteiger partial charge < -0.3 is 10.1 Å². The third-order valence-corrected chi connectivity index (χ3v) is 2.96. The highest BCUT2D eigenvalue weighted by Gasteiger charge is 2.16. The summed E-state index contributed by atoms with van der Waals surface area (Å²) >= 11 is 5.79. The fourth-order valence-corrected chi connectivity index (χ4v) is 1.84. The molecule has 3 amide bonds. The van der Waals surface area contributed by atoms with Crippen LogP contribution in [-0.4, -0.2) is 49.1 Å². The molecular formula is C16H24ClN3O3. The molecule has 0 saturated carbocycles. The number of carbonyl (C=O) groups is 2. The number of urea groups is 1. The van der Waals surface area contributed by atoms with Crippen LogP contribution in [0.4, 0.5) is 4.79 Å². The van der Waals surface area contributed by atoms with Crippen molar-refractivity contribution in [2.75, 3.05) is 26.7 Å². The van der Waals surface area contributed by atoms with E-state index >= 15 is 0 Å². The molecular weight excluding hydrogens is 318 g/mol. The molecule has 23 heavy (non-hydrogen) atoms. The standard InChI is InChI=1S/C16H24ClN3O3/c1-16(2,3)19-15(22)18-14(21)11-20(4)9-10-23-13-7-5-12(17)6-8-13/h5-8H,9-11H2,1-4H3,(H2,18,19,21,22). The Bertz CT molecular complexity index is 526. The molecule has 1 aromatic carbocycles. The molecule has 0 fully saturated rings. The van der Waals surface area contributed by atoms with E-state index in [1.165, 1.54) is 0 Å². The van der Waals surface area contributed by atoms with Gasteiger partial charge in [0.05, 0.1) is 6.54 Å². The summed E-state index contributed by atoms with van der Waals surface area (Å²) in [5.74, 6) is 0.359. The lowest BCUT2D eigenvalue weighted by atomic mass is 10.1. The first-order valence-electron chi connectivity index (χ1n) is 7.34. The van der Waals surface area contributed by atoms with Crippen molar-refractivity contribution in [2.24, 2.45) is 0 Å².